The average molecular weight is 400 g/mol. The number of halogens is 3. The number of alkyl halides is 3. The fourth-order valence-electron chi connectivity index (χ4n) is 2.40. The summed E-state index contributed by atoms with van der Waals surface area (Å²) in [5.74, 6) is 0. The molecule has 2 aromatic rings. The summed E-state index contributed by atoms with van der Waals surface area (Å²) >= 11 is 0. The van der Waals surface area contributed by atoms with E-state index < -0.39 is 38.6 Å². The minimum Gasteiger partial charge on any atom is -0.396 e. The molecule has 0 unspecified atom stereocenters. The van der Waals surface area contributed by atoms with Crippen LogP contribution in [0.2, 0.25) is 0 Å². The quantitative estimate of drug-likeness (QED) is 0.511. The van der Waals surface area contributed by atoms with E-state index in [1.54, 1.807) is 30.3 Å². The maximum Gasteiger partial charge on any atom is 0.416 e. The van der Waals surface area contributed by atoms with E-state index in [2.05, 4.69) is 5.43 Å². The van der Waals surface area contributed by atoms with Crippen LogP contribution < -0.4 is 10.4 Å². The van der Waals surface area contributed by atoms with Crippen LogP contribution in [0.1, 0.15) is 12.0 Å². The van der Waals surface area contributed by atoms with Crippen molar-refractivity contribution in [3.63, 3.8) is 0 Å². The Labute approximate surface area is 156 Å². The molecule has 0 amide bonds. The molecule has 0 aliphatic rings. The largest absolute Gasteiger partial charge is 0.416 e. The summed E-state index contributed by atoms with van der Waals surface area (Å²) in [4.78, 5) is 20.4. The molecule has 0 aliphatic carbocycles. The molecular weight excluding hydrogens is 385 g/mol. The summed E-state index contributed by atoms with van der Waals surface area (Å²) in [6, 6.07) is 8.63. The lowest BCUT2D eigenvalue weighted by Crippen LogP contribution is -2.32. The third kappa shape index (κ3) is 4.85. The maximum atomic E-state index is 13.0. The molecule has 150 valence electrons. The summed E-state index contributed by atoms with van der Waals surface area (Å²) in [6.45, 7) is -0.155. The second kappa shape index (κ2) is 8.52. The minimum absolute atomic E-state index is 0.0792. The molecule has 0 bridgehead atoms. The Kier molecular flexibility index (Phi) is 6.36. The first-order chi connectivity index (χ1) is 13.1. The number of nitro groups is 2. The van der Waals surface area contributed by atoms with E-state index >= 15 is 0 Å². The van der Waals surface area contributed by atoms with Crippen molar-refractivity contribution < 1.29 is 28.1 Å². The SMILES string of the molecule is O=[N+]([O-])c1cc(C(F)(F)F)cc([N+](=O)[O-])c1NN(CCCO)c1ccccc1. The number of aliphatic hydroxyl groups is 1. The fraction of sp³-hybridized carbons (Fsp3) is 0.250. The highest BCUT2D eigenvalue weighted by Gasteiger charge is 2.38. The molecule has 0 radical (unpaired) electrons. The van der Waals surface area contributed by atoms with Gasteiger partial charge in [0.2, 0.25) is 5.69 Å². The Bertz CT molecular complexity index is 826. The molecule has 0 heterocycles. The Morgan fingerprint density at radius 1 is 1.04 bits per heavy atom. The highest BCUT2D eigenvalue weighted by Crippen LogP contribution is 2.41. The number of hydrogen-bond donors (Lipinski definition) is 2. The van der Waals surface area contributed by atoms with Crippen LogP contribution in [0, 0.1) is 20.2 Å². The van der Waals surface area contributed by atoms with Crippen molar-refractivity contribution in [2.75, 3.05) is 23.6 Å². The Balaban J connectivity index is 2.60. The number of hydrogen-bond acceptors (Lipinski definition) is 7. The molecule has 2 aromatic carbocycles. The first-order valence-corrected chi connectivity index (χ1v) is 7.89. The van der Waals surface area contributed by atoms with Crippen molar-refractivity contribution in [1.29, 1.82) is 0 Å². The molecule has 9 nitrogen and oxygen atoms in total. The molecule has 0 spiro atoms. The van der Waals surface area contributed by atoms with Crippen LogP contribution in [0.25, 0.3) is 0 Å². The first kappa shape index (κ1) is 20.9. The van der Waals surface area contributed by atoms with Crippen molar-refractivity contribution in [3.8, 4) is 0 Å². The fourth-order valence-corrected chi connectivity index (χ4v) is 2.40. The molecule has 0 aromatic heterocycles. The number of rotatable bonds is 8. The van der Waals surface area contributed by atoms with E-state index in [-0.39, 0.29) is 31.7 Å². The van der Waals surface area contributed by atoms with Gasteiger partial charge in [0.25, 0.3) is 0 Å². The summed E-state index contributed by atoms with van der Waals surface area (Å²) in [5, 5.41) is 33.0. The van der Waals surface area contributed by atoms with E-state index in [4.69, 9.17) is 5.11 Å². The van der Waals surface area contributed by atoms with E-state index in [1.807, 2.05) is 0 Å². The van der Waals surface area contributed by atoms with Crippen LogP contribution >= 0.6 is 0 Å². The van der Waals surface area contributed by atoms with E-state index in [1.165, 1.54) is 5.01 Å². The third-order valence-electron chi connectivity index (χ3n) is 3.67. The number of hydrazine groups is 1. The molecule has 0 fully saturated rings. The van der Waals surface area contributed by atoms with Crippen molar-refractivity contribution in [3.05, 3.63) is 68.3 Å². The van der Waals surface area contributed by atoms with Gasteiger partial charge in [0.1, 0.15) is 0 Å². The van der Waals surface area contributed by atoms with Crippen molar-refractivity contribution in [2.45, 2.75) is 12.6 Å². The molecule has 0 atom stereocenters. The van der Waals surface area contributed by atoms with Crippen LogP contribution in [0.5, 0.6) is 0 Å². The molecule has 12 heteroatoms. The van der Waals surface area contributed by atoms with Gasteiger partial charge in [-0.1, -0.05) is 18.2 Å². The Hall–Kier alpha value is -3.41. The summed E-state index contributed by atoms with van der Waals surface area (Å²) in [5.41, 5.74) is -1.45. The monoisotopic (exact) mass is 400 g/mol. The van der Waals surface area contributed by atoms with Gasteiger partial charge >= 0.3 is 17.6 Å². The lowest BCUT2D eigenvalue weighted by atomic mass is 10.1. The van der Waals surface area contributed by atoms with E-state index in [0.717, 1.165) is 0 Å². The third-order valence-corrected chi connectivity index (χ3v) is 3.67. The topological polar surface area (TPSA) is 122 Å². The molecular formula is C16H15F3N4O5. The molecule has 0 saturated heterocycles. The molecule has 0 saturated carbocycles. The van der Waals surface area contributed by atoms with Crippen LogP contribution in [-0.4, -0.2) is 28.1 Å². The summed E-state index contributed by atoms with van der Waals surface area (Å²) < 4.78 is 39.0. The summed E-state index contributed by atoms with van der Waals surface area (Å²) in [7, 11) is 0. The van der Waals surface area contributed by atoms with Gasteiger partial charge in [-0.3, -0.25) is 30.7 Å². The number of benzene rings is 2. The molecule has 2 N–H and O–H groups in total. The van der Waals surface area contributed by atoms with Gasteiger partial charge < -0.3 is 5.11 Å². The summed E-state index contributed by atoms with van der Waals surface area (Å²) in [6.07, 6.45) is -4.80. The van der Waals surface area contributed by atoms with E-state index in [0.29, 0.717) is 5.69 Å². The lowest BCUT2D eigenvalue weighted by molar-refractivity contribution is -0.392. The van der Waals surface area contributed by atoms with Gasteiger partial charge in [-0.2, -0.15) is 13.2 Å². The Morgan fingerprint density at radius 2 is 1.57 bits per heavy atom. The second-order valence-corrected chi connectivity index (χ2v) is 5.58. The highest BCUT2D eigenvalue weighted by atomic mass is 19.4. The second-order valence-electron chi connectivity index (χ2n) is 5.58. The van der Waals surface area contributed by atoms with Crippen LogP contribution in [-0.2, 0) is 6.18 Å². The zero-order chi connectivity index (χ0) is 20.9. The average Bonchev–Trinajstić information content (AvgIpc) is 2.64. The van der Waals surface area contributed by atoms with Gasteiger partial charge in [-0.15, -0.1) is 0 Å². The number of nitro benzene ring substituents is 2. The van der Waals surface area contributed by atoms with Gasteiger partial charge in [0.05, 0.1) is 21.1 Å². The first-order valence-electron chi connectivity index (χ1n) is 7.89. The predicted octanol–water partition coefficient (Wildman–Crippen LogP) is 3.74. The zero-order valence-corrected chi connectivity index (χ0v) is 14.2. The minimum atomic E-state index is -5.00. The number of aliphatic hydroxyl groups excluding tert-OH is 1. The molecule has 28 heavy (non-hydrogen) atoms. The van der Waals surface area contributed by atoms with Crippen LogP contribution in [0.3, 0.4) is 0 Å². The molecule has 2 rings (SSSR count). The normalized spacial score (nSPS) is 11.1. The van der Waals surface area contributed by atoms with Crippen molar-refractivity contribution in [2.24, 2.45) is 0 Å². The standard InChI is InChI=1S/C16H15F3N4O5/c17-16(18,19)11-9-13(22(25)26)15(14(10-11)23(27)28)20-21(7-4-8-24)12-5-2-1-3-6-12/h1-3,5-6,9-10,20,24H,4,7-8H2. The van der Waals surface area contributed by atoms with Gasteiger partial charge in [0, 0.05) is 25.3 Å². The van der Waals surface area contributed by atoms with Crippen LogP contribution in [0.15, 0.2) is 42.5 Å². The smallest absolute Gasteiger partial charge is 0.396 e. The van der Waals surface area contributed by atoms with Gasteiger partial charge in [0.15, 0.2) is 0 Å². The van der Waals surface area contributed by atoms with E-state index in [9.17, 15) is 33.4 Å². The van der Waals surface area contributed by atoms with Crippen molar-refractivity contribution >= 4 is 22.7 Å². The molecule has 0 aliphatic heterocycles. The lowest BCUT2D eigenvalue weighted by Gasteiger charge is -2.26. The predicted molar refractivity (Wildman–Crippen MR) is 93.9 cm³/mol. The number of nitrogens with zero attached hydrogens (tertiary/aromatic N) is 3. The van der Waals surface area contributed by atoms with Crippen molar-refractivity contribution in [1.82, 2.24) is 0 Å². The highest BCUT2D eigenvalue weighted by molar-refractivity contribution is 5.77. The van der Waals surface area contributed by atoms with Crippen LogP contribution in [0.4, 0.5) is 35.9 Å². The van der Waals surface area contributed by atoms with Gasteiger partial charge in [-0.25, -0.2) is 0 Å². The van der Waals surface area contributed by atoms with Gasteiger partial charge in [-0.05, 0) is 18.6 Å². The maximum absolute atomic E-state index is 13.0. The Morgan fingerprint density at radius 3 is 2.00 bits per heavy atom. The number of nitrogens with one attached hydrogen (secondary N) is 1. The zero-order valence-electron chi connectivity index (χ0n) is 14.2. The number of para-hydroxylation sites is 1. The number of anilines is 2.